The van der Waals surface area contributed by atoms with Crippen LogP contribution in [0.3, 0.4) is 0 Å². The van der Waals surface area contributed by atoms with Gasteiger partial charge in [-0.1, -0.05) is 20.3 Å². The van der Waals surface area contributed by atoms with Gasteiger partial charge in [0.2, 0.25) is 11.8 Å². The van der Waals surface area contributed by atoms with Crippen molar-refractivity contribution < 1.29 is 9.59 Å². The molecule has 1 aliphatic heterocycles. The van der Waals surface area contributed by atoms with Crippen molar-refractivity contribution in [3.63, 3.8) is 0 Å². The Balaban J connectivity index is 1.87. The minimum Gasteiger partial charge on any atom is -0.305 e. The minimum atomic E-state index is -0.270. The van der Waals surface area contributed by atoms with E-state index in [-0.39, 0.29) is 17.9 Å². The van der Waals surface area contributed by atoms with Crippen LogP contribution in [0.5, 0.6) is 0 Å². The standard InChI is InChI=1S/C14H24N2O2/c1-3-8-16-12(17)9-11(13(16)18)15-10-14(4-2)6-5-7-14/h11,15H,3-10H2,1-2H3. The zero-order valence-corrected chi connectivity index (χ0v) is 11.5. The molecule has 0 radical (unpaired) electrons. The second-order valence-electron chi connectivity index (χ2n) is 5.73. The van der Waals surface area contributed by atoms with Crippen molar-refractivity contribution >= 4 is 11.8 Å². The van der Waals surface area contributed by atoms with Gasteiger partial charge in [0.05, 0.1) is 12.5 Å². The zero-order chi connectivity index (χ0) is 13.2. The van der Waals surface area contributed by atoms with Crippen LogP contribution in [-0.2, 0) is 9.59 Å². The molecule has 2 amide bonds. The third kappa shape index (κ3) is 2.44. The summed E-state index contributed by atoms with van der Waals surface area (Å²) in [5.74, 6) is -0.0362. The first kappa shape index (κ1) is 13.5. The molecule has 102 valence electrons. The Kier molecular flexibility index (Phi) is 4.05. The van der Waals surface area contributed by atoms with Gasteiger partial charge < -0.3 is 5.32 Å². The molecule has 4 nitrogen and oxygen atoms in total. The molecule has 1 saturated heterocycles. The molecule has 18 heavy (non-hydrogen) atoms. The van der Waals surface area contributed by atoms with Crippen LogP contribution in [0.4, 0.5) is 0 Å². The van der Waals surface area contributed by atoms with Gasteiger partial charge in [-0.15, -0.1) is 0 Å². The van der Waals surface area contributed by atoms with Gasteiger partial charge in [-0.2, -0.15) is 0 Å². The van der Waals surface area contributed by atoms with E-state index in [1.54, 1.807) is 0 Å². The molecular weight excluding hydrogens is 228 g/mol. The van der Waals surface area contributed by atoms with Crippen LogP contribution >= 0.6 is 0 Å². The van der Waals surface area contributed by atoms with Gasteiger partial charge in [-0.3, -0.25) is 14.5 Å². The number of carbonyl (C=O) groups is 2. The SMILES string of the molecule is CCCN1C(=O)CC(NCC2(CC)CCC2)C1=O. The number of imide groups is 1. The van der Waals surface area contributed by atoms with Crippen LogP contribution in [-0.4, -0.2) is 35.8 Å². The predicted molar refractivity (Wildman–Crippen MR) is 70.0 cm³/mol. The Morgan fingerprint density at radius 2 is 2.06 bits per heavy atom. The van der Waals surface area contributed by atoms with E-state index in [0.29, 0.717) is 18.4 Å². The Morgan fingerprint density at radius 3 is 2.56 bits per heavy atom. The van der Waals surface area contributed by atoms with Crippen molar-refractivity contribution in [1.29, 1.82) is 0 Å². The number of rotatable bonds is 6. The second kappa shape index (κ2) is 5.39. The summed E-state index contributed by atoms with van der Waals surface area (Å²) in [7, 11) is 0. The van der Waals surface area contributed by atoms with Gasteiger partial charge in [-0.05, 0) is 31.1 Å². The molecular formula is C14H24N2O2. The molecule has 1 atom stereocenters. The van der Waals surface area contributed by atoms with Crippen LogP contribution in [0.2, 0.25) is 0 Å². The number of likely N-dealkylation sites (tertiary alicyclic amines) is 1. The number of amides is 2. The van der Waals surface area contributed by atoms with E-state index in [4.69, 9.17) is 0 Å². The second-order valence-corrected chi connectivity index (χ2v) is 5.73. The van der Waals surface area contributed by atoms with Crippen LogP contribution in [0.1, 0.15) is 52.4 Å². The monoisotopic (exact) mass is 252 g/mol. The summed E-state index contributed by atoms with van der Waals surface area (Å²) in [5.41, 5.74) is 0.390. The maximum atomic E-state index is 12.1. The quantitative estimate of drug-likeness (QED) is 0.732. The van der Waals surface area contributed by atoms with Crippen molar-refractivity contribution in [3.8, 4) is 0 Å². The molecule has 0 spiro atoms. The van der Waals surface area contributed by atoms with Gasteiger partial charge in [0.1, 0.15) is 0 Å². The molecule has 0 aromatic carbocycles. The van der Waals surface area contributed by atoms with Crippen LogP contribution in [0.15, 0.2) is 0 Å². The average molecular weight is 252 g/mol. The van der Waals surface area contributed by atoms with Gasteiger partial charge >= 0.3 is 0 Å². The molecule has 1 N–H and O–H groups in total. The number of hydrogen-bond acceptors (Lipinski definition) is 3. The van der Waals surface area contributed by atoms with E-state index in [1.165, 1.54) is 24.2 Å². The number of carbonyl (C=O) groups excluding carboxylic acids is 2. The van der Waals surface area contributed by atoms with Crippen molar-refractivity contribution in [1.82, 2.24) is 10.2 Å². The predicted octanol–water partition coefficient (Wildman–Crippen LogP) is 1.69. The highest BCUT2D eigenvalue weighted by atomic mass is 16.2. The number of nitrogens with zero attached hydrogens (tertiary/aromatic N) is 1. The molecule has 2 aliphatic rings. The van der Waals surface area contributed by atoms with E-state index in [1.807, 2.05) is 6.92 Å². The van der Waals surface area contributed by atoms with Gasteiger partial charge in [0.25, 0.3) is 0 Å². The molecule has 0 aromatic heterocycles. The molecule has 0 aromatic rings. The van der Waals surface area contributed by atoms with Gasteiger partial charge in [0, 0.05) is 13.1 Å². The largest absolute Gasteiger partial charge is 0.305 e. The zero-order valence-electron chi connectivity index (χ0n) is 11.5. The van der Waals surface area contributed by atoms with Gasteiger partial charge in [0.15, 0.2) is 0 Å². The first-order chi connectivity index (χ1) is 8.62. The number of nitrogens with one attached hydrogen (secondary N) is 1. The summed E-state index contributed by atoms with van der Waals surface area (Å²) in [4.78, 5) is 25.2. The van der Waals surface area contributed by atoms with E-state index in [2.05, 4.69) is 12.2 Å². The highest BCUT2D eigenvalue weighted by Gasteiger charge is 2.40. The molecule has 1 aliphatic carbocycles. The molecule has 1 unspecified atom stereocenters. The Labute approximate surface area is 109 Å². The summed E-state index contributed by atoms with van der Waals surface area (Å²) < 4.78 is 0. The first-order valence-electron chi connectivity index (χ1n) is 7.19. The lowest BCUT2D eigenvalue weighted by Crippen LogP contribution is -2.46. The van der Waals surface area contributed by atoms with Crippen LogP contribution in [0, 0.1) is 5.41 Å². The number of hydrogen-bond donors (Lipinski definition) is 1. The lowest BCUT2D eigenvalue weighted by molar-refractivity contribution is -0.138. The highest BCUT2D eigenvalue weighted by molar-refractivity contribution is 6.05. The fourth-order valence-electron chi connectivity index (χ4n) is 2.97. The minimum absolute atomic E-state index is 0.0153. The van der Waals surface area contributed by atoms with Gasteiger partial charge in [-0.25, -0.2) is 0 Å². The summed E-state index contributed by atoms with van der Waals surface area (Å²) >= 11 is 0. The third-order valence-corrected chi connectivity index (χ3v) is 4.58. The lowest BCUT2D eigenvalue weighted by atomic mass is 9.67. The first-order valence-corrected chi connectivity index (χ1v) is 7.19. The van der Waals surface area contributed by atoms with Crippen molar-refractivity contribution in [2.24, 2.45) is 5.41 Å². The molecule has 0 bridgehead atoms. The average Bonchev–Trinajstić information content (AvgIpc) is 2.57. The van der Waals surface area contributed by atoms with E-state index < -0.39 is 0 Å². The molecule has 2 rings (SSSR count). The fourth-order valence-corrected chi connectivity index (χ4v) is 2.97. The summed E-state index contributed by atoms with van der Waals surface area (Å²) in [6.45, 7) is 5.65. The highest BCUT2D eigenvalue weighted by Crippen LogP contribution is 2.43. The van der Waals surface area contributed by atoms with Crippen molar-refractivity contribution in [2.75, 3.05) is 13.1 Å². The van der Waals surface area contributed by atoms with Crippen LogP contribution < -0.4 is 5.32 Å². The molecule has 4 heteroatoms. The van der Waals surface area contributed by atoms with Crippen molar-refractivity contribution in [2.45, 2.75) is 58.4 Å². The topological polar surface area (TPSA) is 49.4 Å². The Bertz CT molecular complexity index is 331. The summed E-state index contributed by atoms with van der Waals surface area (Å²) in [6.07, 6.45) is 6.15. The van der Waals surface area contributed by atoms with E-state index in [0.717, 1.165) is 19.4 Å². The maximum Gasteiger partial charge on any atom is 0.246 e. The molecule has 2 fully saturated rings. The molecule has 1 heterocycles. The Morgan fingerprint density at radius 1 is 1.33 bits per heavy atom. The summed E-state index contributed by atoms with van der Waals surface area (Å²) in [5, 5.41) is 3.33. The lowest BCUT2D eigenvalue weighted by Gasteiger charge is -2.42. The maximum absolute atomic E-state index is 12.1. The molecule has 1 saturated carbocycles. The Hall–Kier alpha value is -0.900. The fraction of sp³-hybridized carbons (Fsp3) is 0.857. The third-order valence-electron chi connectivity index (χ3n) is 4.58. The van der Waals surface area contributed by atoms with Crippen LogP contribution in [0.25, 0.3) is 0 Å². The normalized spacial score (nSPS) is 26.6. The smallest absolute Gasteiger partial charge is 0.246 e. The van der Waals surface area contributed by atoms with Crippen molar-refractivity contribution in [3.05, 3.63) is 0 Å². The van der Waals surface area contributed by atoms with E-state index >= 15 is 0 Å². The summed E-state index contributed by atoms with van der Waals surface area (Å²) in [6, 6.07) is -0.270. The van der Waals surface area contributed by atoms with E-state index in [9.17, 15) is 9.59 Å².